The standard InChI is InChI=1S/C11H19NO/c1-5-9(6-2)10-7-11(8(3)4)13-12-10/h7-9H,5-6H2,1-4H3. The van der Waals surface area contributed by atoms with E-state index >= 15 is 0 Å². The third-order valence-corrected chi connectivity index (χ3v) is 2.52. The summed E-state index contributed by atoms with van der Waals surface area (Å²) in [5.41, 5.74) is 1.12. The Balaban J connectivity index is 2.78. The molecule has 0 saturated heterocycles. The van der Waals surface area contributed by atoms with Crippen LogP contribution in [0.3, 0.4) is 0 Å². The number of nitrogens with zero attached hydrogens (tertiary/aromatic N) is 1. The SMILES string of the molecule is CCC(CC)c1cc(C(C)C)on1. The summed E-state index contributed by atoms with van der Waals surface area (Å²) in [5.74, 6) is 2.01. The Morgan fingerprint density at radius 1 is 1.31 bits per heavy atom. The third-order valence-electron chi connectivity index (χ3n) is 2.52. The molecule has 2 nitrogen and oxygen atoms in total. The van der Waals surface area contributed by atoms with E-state index in [4.69, 9.17) is 4.52 Å². The van der Waals surface area contributed by atoms with Crippen LogP contribution in [0.15, 0.2) is 10.6 Å². The third kappa shape index (κ3) is 2.33. The van der Waals surface area contributed by atoms with Crippen molar-refractivity contribution >= 4 is 0 Å². The first-order chi connectivity index (χ1) is 6.19. The molecule has 0 aromatic carbocycles. The first kappa shape index (κ1) is 10.3. The van der Waals surface area contributed by atoms with E-state index in [2.05, 4.69) is 38.9 Å². The minimum atomic E-state index is 0.440. The van der Waals surface area contributed by atoms with E-state index < -0.39 is 0 Å². The zero-order valence-corrected chi connectivity index (χ0v) is 9.00. The van der Waals surface area contributed by atoms with Crippen molar-refractivity contribution in [2.45, 2.75) is 52.4 Å². The van der Waals surface area contributed by atoms with Crippen LogP contribution in [-0.2, 0) is 0 Å². The predicted molar refractivity (Wildman–Crippen MR) is 53.9 cm³/mol. The van der Waals surface area contributed by atoms with Crippen LogP contribution >= 0.6 is 0 Å². The average molecular weight is 181 g/mol. The zero-order chi connectivity index (χ0) is 9.84. The Morgan fingerprint density at radius 2 is 1.92 bits per heavy atom. The van der Waals surface area contributed by atoms with Gasteiger partial charge in [-0.3, -0.25) is 0 Å². The van der Waals surface area contributed by atoms with Crippen LogP contribution in [0.25, 0.3) is 0 Å². The second-order valence-electron chi connectivity index (χ2n) is 3.82. The number of hydrogen-bond donors (Lipinski definition) is 0. The maximum atomic E-state index is 5.26. The molecule has 0 atom stereocenters. The molecule has 0 unspecified atom stereocenters. The molecule has 1 heterocycles. The summed E-state index contributed by atoms with van der Waals surface area (Å²) in [6.45, 7) is 8.63. The Hall–Kier alpha value is -0.790. The van der Waals surface area contributed by atoms with Crippen LogP contribution in [0.1, 0.15) is 63.8 Å². The van der Waals surface area contributed by atoms with Crippen molar-refractivity contribution in [2.24, 2.45) is 0 Å². The second-order valence-corrected chi connectivity index (χ2v) is 3.82. The van der Waals surface area contributed by atoms with Gasteiger partial charge in [0, 0.05) is 17.9 Å². The normalized spacial score (nSPS) is 11.5. The molecular weight excluding hydrogens is 162 g/mol. The number of aromatic nitrogens is 1. The molecule has 0 aliphatic carbocycles. The molecule has 0 saturated carbocycles. The van der Waals surface area contributed by atoms with E-state index in [1.165, 1.54) is 0 Å². The van der Waals surface area contributed by atoms with Crippen molar-refractivity contribution in [2.75, 3.05) is 0 Å². The summed E-state index contributed by atoms with van der Waals surface area (Å²) in [5, 5.41) is 4.10. The molecule has 1 rings (SSSR count). The number of hydrogen-bond acceptors (Lipinski definition) is 2. The van der Waals surface area contributed by atoms with E-state index in [1.807, 2.05) is 0 Å². The fourth-order valence-corrected chi connectivity index (χ4v) is 1.48. The summed E-state index contributed by atoms with van der Waals surface area (Å²) < 4.78 is 5.26. The molecule has 2 heteroatoms. The van der Waals surface area contributed by atoms with Crippen molar-refractivity contribution in [3.05, 3.63) is 17.5 Å². The van der Waals surface area contributed by atoms with Crippen LogP contribution in [0, 0.1) is 0 Å². The van der Waals surface area contributed by atoms with Gasteiger partial charge in [-0.25, -0.2) is 0 Å². The molecule has 74 valence electrons. The molecule has 0 fully saturated rings. The lowest BCUT2D eigenvalue weighted by atomic mass is 9.98. The topological polar surface area (TPSA) is 26.0 Å². The van der Waals surface area contributed by atoms with E-state index in [1.54, 1.807) is 0 Å². The van der Waals surface area contributed by atoms with Crippen LogP contribution in [0.2, 0.25) is 0 Å². The van der Waals surface area contributed by atoms with Gasteiger partial charge in [-0.2, -0.15) is 0 Å². The summed E-state index contributed by atoms with van der Waals surface area (Å²) in [6, 6.07) is 2.10. The van der Waals surface area contributed by atoms with E-state index in [-0.39, 0.29) is 0 Å². The molecule has 0 aliphatic heterocycles. The summed E-state index contributed by atoms with van der Waals surface area (Å²) in [7, 11) is 0. The van der Waals surface area contributed by atoms with Gasteiger partial charge in [-0.05, 0) is 12.8 Å². The average Bonchev–Trinajstić information content (AvgIpc) is 2.56. The Labute approximate surface area is 80.3 Å². The van der Waals surface area contributed by atoms with Crippen LogP contribution < -0.4 is 0 Å². The molecular formula is C11H19NO. The van der Waals surface area contributed by atoms with Crippen LogP contribution in [-0.4, -0.2) is 5.16 Å². The molecule has 0 amide bonds. The van der Waals surface area contributed by atoms with Gasteiger partial charge in [-0.1, -0.05) is 32.9 Å². The molecule has 0 radical (unpaired) electrons. The van der Waals surface area contributed by atoms with E-state index in [0.717, 1.165) is 24.3 Å². The molecule has 0 aliphatic rings. The lowest BCUT2D eigenvalue weighted by molar-refractivity contribution is 0.360. The minimum Gasteiger partial charge on any atom is -0.361 e. The quantitative estimate of drug-likeness (QED) is 0.707. The van der Waals surface area contributed by atoms with Gasteiger partial charge in [0.05, 0.1) is 5.69 Å². The smallest absolute Gasteiger partial charge is 0.139 e. The van der Waals surface area contributed by atoms with Crippen molar-refractivity contribution < 1.29 is 4.52 Å². The van der Waals surface area contributed by atoms with Gasteiger partial charge in [0.25, 0.3) is 0 Å². The lowest BCUT2D eigenvalue weighted by Crippen LogP contribution is -1.94. The van der Waals surface area contributed by atoms with Gasteiger partial charge in [0.2, 0.25) is 0 Å². The highest BCUT2D eigenvalue weighted by atomic mass is 16.5. The summed E-state index contributed by atoms with van der Waals surface area (Å²) >= 11 is 0. The summed E-state index contributed by atoms with van der Waals surface area (Å²) in [6.07, 6.45) is 2.28. The molecule has 13 heavy (non-hydrogen) atoms. The van der Waals surface area contributed by atoms with Crippen molar-refractivity contribution in [1.29, 1.82) is 0 Å². The highest BCUT2D eigenvalue weighted by molar-refractivity contribution is 5.12. The van der Waals surface area contributed by atoms with Gasteiger partial charge in [0.1, 0.15) is 5.76 Å². The Morgan fingerprint density at radius 3 is 2.31 bits per heavy atom. The van der Waals surface area contributed by atoms with Crippen LogP contribution in [0.5, 0.6) is 0 Å². The monoisotopic (exact) mass is 181 g/mol. The zero-order valence-electron chi connectivity index (χ0n) is 9.00. The van der Waals surface area contributed by atoms with Crippen molar-refractivity contribution in [3.8, 4) is 0 Å². The first-order valence-electron chi connectivity index (χ1n) is 5.15. The minimum absolute atomic E-state index is 0.440. The van der Waals surface area contributed by atoms with Gasteiger partial charge >= 0.3 is 0 Å². The fourth-order valence-electron chi connectivity index (χ4n) is 1.48. The molecule has 0 bridgehead atoms. The lowest BCUT2D eigenvalue weighted by Gasteiger charge is -2.06. The highest BCUT2D eigenvalue weighted by Crippen LogP contribution is 2.24. The Bertz CT molecular complexity index is 248. The molecule has 1 aromatic heterocycles. The Kier molecular flexibility index (Phi) is 3.52. The highest BCUT2D eigenvalue weighted by Gasteiger charge is 2.13. The maximum Gasteiger partial charge on any atom is 0.139 e. The maximum absolute atomic E-state index is 5.26. The number of rotatable bonds is 4. The predicted octanol–water partition coefficient (Wildman–Crippen LogP) is 3.70. The molecule has 0 spiro atoms. The largest absolute Gasteiger partial charge is 0.361 e. The van der Waals surface area contributed by atoms with Gasteiger partial charge < -0.3 is 4.52 Å². The van der Waals surface area contributed by atoms with Gasteiger partial charge in [0.15, 0.2) is 0 Å². The fraction of sp³-hybridized carbons (Fsp3) is 0.727. The van der Waals surface area contributed by atoms with E-state index in [0.29, 0.717) is 11.8 Å². The second kappa shape index (κ2) is 4.45. The van der Waals surface area contributed by atoms with Gasteiger partial charge in [-0.15, -0.1) is 0 Å². The van der Waals surface area contributed by atoms with Crippen molar-refractivity contribution in [3.63, 3.8) is 0 Å². The van der Waals surface area contributed by atoms with E-state index in [9.17, 15) is 0 Å². The molecule has 0 N–H and O–H groups in total. The van der Waals surface area contributed by atoms with Crippen LogP contribution in [0.4, 0.5) is 0 Å². The molecule has 1 aromatic rings. The van der Waals surface area contributed by atoms with Crippen molar-refractivity contribution in [1.82, 2.24) is 5.16 Å². The first-order valence-corrected chi connectivity index (χ1v) is 5.15. The summed E-state index contributed by atoms with van der Waals surface area (Å²) in [4.78, 5) is 0.